The molecule has 3 heteroatoms. The molecule has 0 spiro atoms. The maximum Gasteiger partial charge on any atom is 0.853 e. The van der Waals surface area contributed by atoms with Crippen LogP contribution in [0.3, 0.4) is 0 Å². The maximum absolute atomic E-state index is 6.97. The van der Waals surface area contributed by atoms with E-state index in [1.165, 1.54) is 43.1 Å². The second kappa shape index (κ2) is 10.00. The van der Waals surface area contributed by atoms with E-state index in [4.69, 9.17) is 7.58 Å². The summed E-state index contributed by atoms with van der Waals surface area (Å²) in [5, 5.41) is 9.58. The summed E-state index contributed by atoms with van der Waals surface area (Å²) in [5.41, 5.74) is 6.70. The molecule has 0 aromatic heterocycles. The Hall–Kier alpha value is -5.07. The summed E-state index contributed by atoms with van der Waals surface area (Å²) in [7, 11) is 0. The Morgan fingerprint density at radius 1 is 0.386 bits per heavy atom. The fourth-order valence-electron chi connectivity index (χ4n) is 6.90. The molecular weight excluding hydrogens is 551 g/mol. The molecule has 0 saturated heterocycles. The summed E-state index contributed by atoms with van der Waals surface area (Å²) in [6.45, 7) is 0. The zero-order valence-electron chi connectivity index (χ0n) is 24.3. The van der Waals surface area contributed by atoms with Gasteiger partial charge in [0.1, 0.15) is 0 Å². The molecule has 0 bridgehead atoms. The molecule has 0 radical (unpaired) electrons. The van der Waals surface area contributed by atoms with Gasteiger partial charge in [0, 0.05) is 22.3 Å². The summed E-state index contributed by atoms with van der Waals surface area (Å²) < 4.78 is 13.9. The van der Waals surface area contributed by atoms with E-state index in [1.807, 2.05) is 0 Å². The molecule has 1 heterocycles. The molecule has 1 aliphatic heterocycles. The van der Waals surface area contributed by atoms with Crippen LogP contribution in [-0.2, 0) is 0 Å². The van der Waals surface area contributed by atoms with E-state index in [0.717, 1.165) is 44.9 Å². The van der Waals surface area contributed by atoms with Gasteiger partial charge in [-0.05, 0) is 84.3 Å². The van der Waals surface area contributed by atoms with E-state index >= 15 is 0 Å². The van der Waals surface area contributed by atoms with Crippen LogP contribution in [0.25, 0.3) is 76.5 Å². The van der Waals surface area contributed by atoms with Gasteiger partial charge in [-0.2, -0.15) is 0 Å². The minimum absolute atomic E-state index is 0.915. The molecule has 1 aliphatic rings. The molecule has 44 heavy (non-hydrogen) atoms. The van der Waals surface area contributed by atoms with Crippen molar-refractivity contribution in [2.24, 2.45) is 0 Å². The molecule has 9 rings (SSSR count). The highest BCUT2D eigenvalue weighted by Crippen LogP contribution is 2.54. The van der Waals surface area contributed by atoms with Gasteiger partial charge in [0.05, 0.1) is 11.5 Å². The number of benzene rings is 8. The first-order valence-corrected chi connectivity index (χ1v) is 17.2. The monoisotopic (exact) mass is 578 g/mol. The largest absolute Gasteiger partial charge is 0.853 e. The third-order valence-corrected chi connectivity index (χ3v) is 10.1. The topological polar surface area (TPSA) is 18.5 Å². The van der Waals surface area contributed by atoms with Crippen LogP contribution in [0.5, 0.6) is 11.5 Å². The average Bonchev–Trinajstić information content (AvgIpc) is 3.23. The van der Waals surface area contributed by atoms with Crippen LogP contribution in [0.15, 0.2) is 146 Å². The number of fused-ring (bicyclic) bond motifs is 9. The van der Waals surface area contributed by atoms with Crippen molar-refractivity contribution in [1.29, 1.82) is 0 Å². The summed E-state index contributed by atoms with van der Waals surface area (Å²) >= 11 is -2.18. The second-order valence-corrected chi connectivity index (χ2v) is 13.2. The molecule has 0 saturated carbocycles. The van der Waals surface area contributed by atoms with E-state index < -0.39 is 14.8 Å². The lowest BCUT2D eigenvalue weighted by Crippen LogP contribution is -2.25. The average molecular weight is 579 g/mol. The predicted octanol–water partition coefficient (Wildman–Crippen LogP) is 11.2. The van der Waals surface area contributed by atoms with Crippen molar-refractivity contribution >= 4 is 57.9 Å². The molecule has 8 aromatic carbocycles. The van der Waals surface area contributed by atoms with Gasteiger partial charge in [0.15, 0.2) is 0 Å². The predicted molar refractivity (Wildman–Crippen MR) is 186 cm³/mol. The Bertz CT molecular complexity index is 2260. The van der Waals surface area contributed by atoms with Crippen LogP contribution < -0.4 is 7.58 Å². The van der Waals surface area contributed by atoms with E-state index in [-0.39, 0.29) is 0 Å². The maximum atomic E-state index is 6.97. The molecule has 0 aliphatic carbocycles. The minimum Gasteiger partial charge on any atom is -0.611 e. The molecule has 0 unspecified atom stereocenters. The molecule has 0 fully saturated rings. The van der Waals surface area contributed by atoms with Crippen LogP contribution in [0.1, 0.15) is 0 Å². The molecule has 0 atom stereocenters. The Balaban J connectivity index is 1.42. The molecule has 8 aromatic rings. The zero-order chi connectivity index (χ0) is 29.2. The number of hydrogen-bond acceptors (Lipinski definition) is 2. The molecular formula is C41H27AlO2. The fourth-order valence-corrected chi connectivity index (χ4v) is 8.10. The van der Waals surface area contributed by atoms with Crippen LogP contribution in [0.4, 0.5) is 0 Å². The summed E-state index contributed by atoms with van der Waals surface area (Å²) in [5.74, 6) is 3.97. The van der Waals surface area contributed by atoms with E-state index in [9.17, 15) is 0 Å². The van der Waals surface area contributed by atoms with Crippen LogP contribution >= 0.6 is 0 Å². The molecule has 2 nitrogen and oxygen atoms in total. The first kappa shape index (κ1) is 25.4. The Morgan fingerprint density at radius 2 is 0.773 bits per heavy atom. The van der Waals surface area contributed by atoms with Crippen molar-refractivity contribution in [3.8, 4) is 44.9 Å². The first-order valence-electron chi connectivity index (χ1n) is 15.1. The highest BCUT2D eigenvalue weighted by Gasteiger charge is 2.36. The van der Waals surface area contributed by atoms with E-state index in [0.29, 0.717) is 0 Å². The molecule has 0 amide bonds. The lowest BCUT2D eigenvalue weighted by molar-refractivity contribution is 0.442. The smallest absolute Gasteiger partial charge is 0.611 e. The lowest BCUT2D eigenvalue weighted by Gasteiger charge is -2.21. The Kier molecular flexibility index (Phi) is 5.78. The summed E-state index contributed by atoms with van der Waals surface area (Å²) in [6.07, 6.45) is 0. The summed E-state index contributed by atoms with van der Waals surface area (Å²) in [4.78, 5) is 0. The van der Waals surface area contributed by atoms with Crippen molar-refractivity contribution in [2.45, 2.75) is 5.79 Å². The fraction of sp³-hybridized carbons (Fsp3) is 0.0244. The van der Waals surface area contributed by atoms with Gasteiger partial charge in [-0.3, -0.25) is 0 Å². The van der Waals surface area contributed by atoms with Gasteiger partial charge in [-0.1, -0.05) is 121 Å². The minimum atomic E-state index is -2.18. The van der Waals surface area contributed by atoms with Gasteiger partial charge in [0.2, 0.25) is 0 Å². The quantitative estimate of drug-likeness (QED) is 0.190. The summed E-state index contributed by atoms with van der Waals surface area (Å²) in [6, 6.07) is 52.4. The third kappa shape index (κ3) is 4.02. The van der Waals surface area contributed by atoms with Gasteiger partial charge in [0.25, 0.3) is 0 Å². The van der Waals surface area contributed by atoms with E-state index in [2.05, 4.69) is 151 Å². The van der Waals surface area contributed by atoms with Gasteiger partial charge < -0.3 is 7.58 Å². The highest BCUT2D eigenvalue weighted by molar-refractivity contribution is 6.46. The van der Waals surface area contributed by atoms with Gasteiger partial charge in [-0.25, -0.2) is 0 Å². The first-order chi connectivity index (χ1) is 21.7. The van der Waals surface area contributed by atoms with E-state index in [1.54, 1.807) is 0 Å². The normalized spacial score (nSPS) is 12.5. The van der Waals surface area contributed by atoms with Gasteiger partial charge in [-0.15, -0.1) is 0 Å². The van der Waals surface area contributed by atoms with Crippen LogP contribution in [-0.4, -0.2) is 14.8 Å². The SMILES string of the molecule is [CH3][Al]1[O]c2c(-c3ccc4ccccc4c3)cc3ccccc3c2-c2c(c(-c3ccc4ccccc4c3)cc3ccccc23)[O]1. The van der Waals surface area contributed by atoms with Crippen molar-refractivity contribution in [2.75, 3.05) is 0 Å². The second-order valence-electron chi connectivity index (χ2n) is 11.6. The third-order valence-electron chi connectivity index (χ3n) is 8.94. The highest BCUT2D eigenvalue weighted by atomic mass is 27.2. The number of hydrogen-bond donors (Lipinski definition) is 0. The van der Waals surface area contributed by atoms with Gasteiger partial charge >= 0.3 is 14.8 Å². The van der Waals surface area contributed by atoms with Crippen molar-refractivity contribution in [3.05, 3.63) is 146 Å². The molecule has 206 valence electrons. The van der Waals surface area contributed by atoms with Crippen LogP contribution in [0.2, 0.25) is 5.79 Å². The standard InChI is InChI=1S/C40H26O2.CH3.Al/c41-39-35(31-19-17-25-9-1-3-11-27(25)21-31)23-29-13-5-7-15-33(29)37(39)38-34-16-8-6-14-30(34)24-36(40(38)42)32-20-18-26-10-2-4-12-28(26)22-32;;/h1-24,41-42H;1H3;/q;;+2/p-2. The molecule has 0 N–H and O–H groups in total. The van der Waals surface area contributed by atoms with Crippen LogP contribution in [0, 0.1) is 0 Å². The van der Waals surface area contributed by atoms with Crippen molar-refractivity contribution < 1.29 is 7.58 Å². The van der Waals surface area contributed by atoms with Crippen molar-refractivity contribution in [1.82, 2.24) is 0 Å². The number of rotatable bonds is 2. The Morgan fingerprint density at radius 3 is 1.23 bits per heavy atom. The zero-order valence-corrected chi connectivity index (χ0v) is 25.4. The lowest BCUT2D eigenvalue weighted by atomic mass is 9.86. The Labute approximate surface area is 260 Å². The van der Waals surface area contributed by atoms with Crippen molar-refractivity contribution in [3.63, 3.8) is 0 Å².